The van der Waals surface area contributed by atoms with Crippen molar-refractivity contribution in [3.05, 3.63) is 54.1 Å². The predicted molar refractivity (Wildman–Crippen MR) is 131 cm³/mol. The van der Waals surface area contributed by atoms with Crippen LogP contribution in [-0.4, -0.2) is 49.9 Å². The number of para-hydroxylation sites is 1. The lowest BCUT2D eigenvalue weighted by molar-refractivity contribution is 0.122. The summed E-state index contributed by atoms with van der Waals surface area (Å²) in [5.41, 5.74) is 3.76. The van der Waals surface area contributed by atoms with Crippen LogP contribution in [0.3, 0.4) is 0 Å². The first kappa shape index (κ1) is 21.3. The van der Waals surface area contributed by atoms with Gasteiger partial charge in [-0.2, -0.15) is 9.97 Å². The first-order chi connectivity index (χ1) is 16.0. The third kappa shape index (κ3) is 4.39. The van der Waals surface area contributed by atoms with Crippen molar-refractivity contribution in [2.75, 3.05) is 60.8 Å². The van der Waals surface area contributed by atoms with Gasteiger partial charge in [-0.05, 0) is 18.2 Å². The number of hydrogen-bond acceptors (Lipinski definition) is 8. The predicted octanol–water partition coefficient (Wildman–Crippen LogP) is 4.31. The quantitative estimate of drug-likeness (QED) is 0.518. The molecule has 171 valence electrons. The SMILES string of the molecule is COc1cc(N2CCOCC2)ccc1Nc1nc2c(c(Nc3[c]cccc3)n1)C(C)(C)CN2. The number of benzene rings is 2. The van der Waals surface area contributed by atoms with Gasteiger partial charge in [-0.15, -0.1) is 0 Å². The average Bonchev–Trinajstić information content (AvgIpc) is 3.15. The standard InChI is InChI=1S/C25H29N6O2/c1-25(2)16-26-22-21(25)23(27-17-7-5-4-6-8-17)30-24(29-22)28-19-10-9-18(15-20(19)32-3)31-11-13-33-14-12-31/h4-7,9-10,15H,11-14,16H2,1-3H3,(H3,26,27,28,29,30). The number of aromatic nitrogens is 2. The van der Waals surface area contributed by atoms with Crippen LogP contribution in [0.5, 0.6) is 5.75 Å². The second-order valence-corrected chi connectivity index (χ2v) is 8.87. The van der Waals surface area contributed by atoms with Gasteiger partial charge in [0.15, 0.2) is 0 Å². The highest BCUT2D eigenvalue weighted by Gasteiger charge is 2.35. The largest absolute Gasteiger partial charge is 0.494 e. The van der Waals surface area contributed by atoms with Crippen molar-refractivity contribution in [2.45, 2.75) is 19.3 Å². The van der Waals surface area contributed by atoms with Gasteiger partial charge in [0.25, 0.3) is 0 Å². The summed E-state index contributed by atoms with van der Waals surface area (Å²) in [5, 5.41) is 10.2. The maximum Gasteiger partial charge on any atom is 0.231 e. The van der Waals surface area contributed by atoms with Crippen LogP contribution in [0.15, 0.2) is 42.5 Å². The van der Waals surface area contributed by atoms with E-state index < -0.39 is 0 Å². The molecule has 0 unspecified atom stereocenters. The molecule has 0 saturated carbocycles. The molecule has 0 spiro atoms. The molecule has 8 heteroatoms. The summed E-state index contributed by atoms with van der Waals surface area (Å²) in [6.45, 7) is 8.40. The smallest absolute Gasteiger partial charge is 0.231 e. The average molecular weight is 446 g/mol. The minimum Gasteiger partial charge on any atom is -0.494 e. The minimum absolute atomic E-state index is 0.0948. The second-order valence-electron chi connectivity index (χ2n) is 8.87. The molecule has 0 bridgehead atoms. The van der Waals surface area contributed by atoms with E-state index in [0.29, 0.717) is 5.95 Å². The van der Waals surface area contributed by atoms with Crippen LogP contribution in [0, 0.1) is 6.07 Å². The molecule has 8 nitrogen and oxygen atoms in total. The maximum absolute atomic E-state index is 5.69. The van der Waals surface area contributed by atoms with Crippen molar-refractivity contribution in [2.24, 2.45) is 0 Å². The summed E-state index contributed by atoms with van der Waals surface area (Å²) in [7, 11) is 1.68. The summed E-state index contributed by atoms with van der Waals surface area (Å²) >= 11 is 0. The van der Waals surface area contributed by atoms with Gasteiger partial charge in [0, 0.05) is 54.1 Å². The number of anilines is 6. The Balaban J connectivity index is 1.47. The summed E-state index contributed by atoms with van der Waals surface area (Å²) in [4.78, 5) is 11.9. The van der Waals surface area contributed by atoms with Crippen molar-refractivity contribution >= 4 is 34.6 Å². The van der Waals surface area contributed by atoms with Crippen molar-refractivity contribution in [1.82, 2.24) is 9.97 Å². The van der Waals surface area contributed by atoms with Crippen LogP contribution in [0.1, 0.15) is 19.4 Å². The van der Waals surface area contributed by atoms with E-state index in [9.17, 15) is 0 Å². The molecule has 2 aliphatic heterocycles. The highest BCUT2D eigenvalue weighted by Crippen LogP contribution is 2.41. The lowest BCUT2D eigenvalue weighted by Gasteiger charge is -2.29. The molecule has 0 aliphatic carbocycles. The van der Waals surface area contributed by atoms with Crippen LogP contribution in [0.25, 0.3) is 0 Å². The Morgan fingerprint density at radius 2 is 1.97 bits per heavy atom. The molecule has 5 rings (SSSR count). The maximum atomic E-state index is 5.69. The Morgan fingerprint density at radius 3 is 2.73 bits per heavy atom. The van der Waals surface area contributed by atoms with Crippen molar-refractivity contribution in [3.63, 3.8) is 0 Å². The number of hydrogen-bond donors (Lipinski definition) is 3. The van der Waals surface area contributed by atoms with Gasteiger partial charge in [0.05, 0.1) is 26.0 Å². The Morgan fingerprint density at radius 1 is 1.12 bits per heavy atom. The number of fused-ring (bicyclic) bond motifs is 1. The van der Waals surface area contributed by atoms with Crippen LogP contribution >= 0.6 is 0 Å². The molecule has 3 N–H and O–H groups in total. The molecule has 1 saturated heterocycles. The second kappa shape index (κ2) is 8.78. The van der Waals surface area contributed by atoms with Crippen molar-refractivity contribution in [3.8, 4) is 5.75 Å². The van der Waals surface area contributed by atoms with Gasteiger partial charge in [-0.1, -0.05) is 32.0 Å². The normalized spacial score (nSPS) is 16.6. The first-order valence-corrected chi connectivity index (χ1v) is 11.2. The molecule has 33 heavy (non-hydrogen) atoms. The molecule has 1 radical (unpaired) electrons. The molecule has 0 atom stereocenters. The van der Waals surface area contributed by atoms with E-state index in [1.165, 1.54) is 0 Å². The van der Waals surface area contributed by atoms with E-state index in [2.05, 4.69) is 46.8 Å². The molecule has 1 aromatic heterocycles. The Hall–Kier alpha value is -3.52. The number of morpholine rings is 1. The highest BCUT2D eigenvalue weighted by atomic mass is 16.5. The van der Waals surface area contributed by atoms with E-state index >= 15 is 0 Å². The van der Waals surface area contributed by atoms with Crippen LogP contribution in [-0.2, 0) is 10.2 Å². The van der Waals surface area contributed by atoms with E-state index in [1.54, 1.807) is 7.11 Å². The van der Waals surface area contributed by atoms with Crippen molar-refractivity contribution < 1.29 is 9.47 Å². The summed E-state index contributed by atoms with van der Waals surface area (Å²) in [5.74, 6) is 2.83. The number of methoxy groups -OCH3 is 1. The lowest BCUT2D eigenvalue weighted by atomic mass is 9.88. The van der Waals surface area contributed by atoms with Gasteiger partial charge < -0.3 is 30.3 Å². The number of ether oxygens (including phenoxy) is 2. The van der Waals surface area contributed by atoms with Gasteiger partial charge in [-0.25, -0.2) is 0 Å². The minimum atomic E-state index is -0.0948. The zero-order valence-electron chi connectivity index (χ0n) is 19.2. The fourth-order valence-electron chi connectivity index (χ4n) is 4.29. The fourth-order valence-corrected chi connectivity index (χ4v) is 4.29. The lowest BCUT2D eigenvalue weighted by Crippen LogP contribution is -2.36. The molecular formula is C25H29N6O2. The van der Waals surface area contributed by atoms with Crippen LogP contribution < -0.4 is 25.6 Å². The van der Waals surface area contributed by atoms with Crippen molar-refractivity contribution in [1.29, 1.82) is 0 Å². The molecule has 2 aromatic carbocycles. The fraction of sp³-hybridized carbons (Fsp3) is 0.360. The third-order valence-corrected chi connectivity index (χ3v) is 6.05. The van der Waals surface area contributed by atoms with Crippen LogP contribution in [0.4, 0.5) is 34.6 Å². The van der Waals surface area contributed by atoms with E-state index in [0.717, 1.165) is 72.9 Å². The number of nitrogens with zero attached hydrogens (tertiary/aromatic N) is 3. The first-order valence-electron chi connectivity index (χ1n) is 11.2. The molecular weight excluding hydrogens is 416 g/mol. The van der Waals surface area contributed by atoms with Gasteiger partial charge in [-0.3, -0.25) is 0 Å². The summed E-state index contributed by atoms with van der Waals surface area (Å²) in [6.07, 6.45) is 0. The van der Waals surface area contributed by atoms with Gasteiger partial charge in [0.1, 0.15) is 17.4 Å². The van der Waals surface area contributed by atoms with E-state index in [4.69, 9.17) is 19.4 Å². The Bertz CT molecular complexity index is 1130. The zero-order valence-corrected chi connectivity index (χ0v) is 19.2. The van der Waals surface area contributed by atoms with E-state index in [1.807, 2.05) is 36.4 Å². The summed E-state index contributed by atoms with van der Waals surface area (Å²) < 4.78 is 11.2. The molecule has 1 fully saturated rings. The molecule has 3 aromatic rings. The van der Waals surface area contributed by atoms with Crippen LogP contribution in [0.2, 0.25) is 0 Å². The monoisotopic (exact) mass is 445 g/mol. The number of nitrogens with one attached hydrogen (secondary N) is 3. The molecule has 3 heterocycles. The highest BCUT2D eigenvalue weighted by molar-refractivity contribution is 5.74. The van der Waals surface area contributed by atoms with Gasteiger partial charge in [0.2, 0.25) is 5.95 Å². The summed E-state index contributed by atoms with van der Waals surface area (Å²) in [6, 6.07) is 17.1. The number of rotatable bonds is 6. The molecule has 2 aliphatic rings. The molecule has 0 amide bonds. The Kier molecular flexibility index (Phi) is 5.68. The third-order valence-electron chi connectivity index (χ3n) is 6.05. The van der Waals surface area contributed by atoms with Gasteiger partial charge >= 0.3 is 0 Å². The van der Waals surface area contributed by atoms with E-state index in [-0.39, 0.29) is 5.41 Å². The zero-order chi connectivity index (χ0) is 22.8. The topological polar surface area (TPSA) is 83.6 Å². The Labute approximate surface area is 194 Å².